The summed E-state index contributed by atoms with van der Waals surface area (Å²) in [6.07, 6.45) is 1.27. The van der Waals surface area contributed by atoms with E-state index in [-0.39, 0.29) is 0 Å². The number of thioether (sulfide) groups is 1. The fourth-order valence-corrected chi connectivity index (χ4v) is 1.91. The summed E-state index contributed by atoms with van der Waals surface area (Å²) in [5.41, 5.74) is 1.37. The summed E-state index contributed by atoms with van der Waals surface area (Å²) in [7, 11) is 0. The van der Waals surface area contributed by atoms with Gasteiger partial charge in [-0.1, -0.05) is 37.3 Å². The van der Waals surface area contributed by atoms with Crippen molar-refractivity contribution in [3.05, 3.63) is 35.9 Å². The first-order valence-electron chi connectivity index (χ1n) is 5.26. The average molecular weight is 209 g/mol. The van der Waals surface area contributed by atoms with Crippen LogP contribution < -0.4 is 5.32 Å². The van der Waals surface area contributed by atoms with Crippen LogP contribution in [0.5, 0.6) is 0 Å². The van der Waals surface area contributed by atoms with Gasteiger partial charge >= 0.3 is 0 Å². The van der Waals surface area contributed by atoms with Gasteiger partial charge in [-0.3, -0.25) is 0 Å². The van der Waals surface area contributed by atoms with Crippen LogP contribution in [-0.4, -0.2) is 18.1 Å². The first-order chi connectivity index (χ1) is 6.93. The van der Waals surface area contributed by atoms with Crippen molar-refractivity contribution in [2.75, 3.05) is 18.1 Å². The minimum atomic E-state index is 0.998. The van der Waals surface area contributed by atoms with Gasteiger partial charge in [-0.2, -0.15) is 11.8 Å². The lowest BCUT2D eigenvalue weighted by Crippen LogP contribution is -2.15. The maximum absolute atomic E-state index is 3.45. The lowest BCUT2D eigenvalue weighted by atomic mass is 10.2. The third-order valence-corrected chi connectivity index (χ3v) is 3.00. The molecule has 1 N–H and O–H groups in total. The van der Waals surface area contributed by atoms with Gasteiger partial charge in [-0.15, -0.1) is 0 Å². The lowest BCUT2D eigenvalue weighted by Gasteiger charge is -2.03. The molecule has 0 saturated heterocycles. The van der Waals surface area contributed by atoms with Gasteiger partial charge in [0.25, 0.3) is 0 Å². The molecule has 0 spiro atoms. The molecule has 1 rings (SSSR count). The summed E-state index contributed by atoms with van der Waals surface area (Å²) in [6.45, 7) is 4.33. The number of benzene rings is 1. The molecular formula is C12H19NS. The molecule has 0 saturated carbocycles. The zero-order valence-electron chi connectivity index (χ0n) is 8.83. The molecule has 0 radical (unpaired) electrons. The quantitative estimate of drug-likeness (QED) is 0.693. The number of hydrogen-bond donors (Lipinski definition) is 1. The Morgan fingerprint density at radius 3 is 2.71 bits per heavy atom. The first kappa shape index (κ1) is 11.6. The molecule has 1 aromatic carbocycles. The van der Waals surface area contributed by atoms with Crippen LogP contribution in [0.25, 0.3) is 0 Å². The zero-order chi connectivity index (χ0) is 10.1. The highest BCUT2D eigenvalue weighted by atomic mass is 32.2. The fraction of sp³-hybridized carbons (Fsp3) is 0.500. The largest absolute Gasteiger partial charge is 0.313 e. The van der Waals surface area contributed by atoms with Gasteiger partial charge in [-0.25, -0.2) is 0 Å². The molecule has 2 heteroatoms. The smallest absolute Gasteiger partial charge is 0.0205 e. The SMILES string of the molecule is CCSCCCNCc1ccccc1. The van der Waals surface area contributed by atoms with Crippen molar-refractivity contribution in [1.29, 1.82) is 0 Å². The highest BCUT2D eigenvalue weighted by Crippen LogP contribution is 2.00. The normalized spacial score (nSPS) is 10.4. The molecule has 0 aromatic heterocycles. The summed E-state index contributed by atoms with van der Waals surface area (Å²) in [5.74, 6) is 2.51. The van der Waals surface area contributed by atoms with Crippen LogP contribution in [0.15, 0.2) is 30.3 Å². The molecule has 1 nitrogen and oxygen atoms in total. The summed E-state index contributed by atoms with van der Waals surface area (Å²) in [5, 5.41) is 3.45. The Bertz CT molecular complexity index is 223. The van der Waals surface area contributed by atoms with Crippen LogP contribution in [-0.2, 0) is 6.54 Å². The van der Waals surface area contributed by atoms with Crippen LogP contribution in [0.4, 0.5) is 0 Å². The van der Waals surface area contributed by atoms with Gasteiger partial charge < -0.3 is 5.32 Å². The van der Waals surface area contributed by atoms with Crippen LogP contribution in [0.2, 0.25) is 0 Å². The van der Waals surface area contributed by atoms with Crippen molar-refractivity contribution in [3.63, 3.8) is 0 Å². The standard InChI is InChI=1S/C12H19NS/c1-2-14-10-6-9-13-11-12-7-4-3-5-8-12/h3-5,7-8,13H,2,6,9-11H2,1H3. The van der Waals surface area contributed by atoms with Crippen molar-refractivity contribution in [2.24, 2.45) is 0 Å². The van der Waals surface area contributed by atoms with E-state index in [4.69, 9.17) is 0 Å². The van der Waals surface area contributed by atoms with Gasteiger partial charge in [0.1, 0.15) is 0 Å². The number of nitrogens with one attached hydrogen (secondary N) is 1. The predicted octanol–water partition coefficient (Wildman–Crippen LogP) is 2.92. The Morgan fingerprint density at radius 2 is 2.00 bits per heavy atom. The molecule has 1 aromatic rings. The Labute approximate surface area is 91.3 Å². The van der Waals surface area contributed by atoms with Crippen molar-refractivity contribution in [2.45, 2.75) is 19.9 Å². The second-order valence-electron chi connectivity index (χ2n) is 3.21. The monoisotopic (exact) mass is 209 g/mol. The van der Waals surface area contributed by atoms with Gasteiger partial charge in [0.15, 0.2) is 0 Å². The highest BCUT2D eigenvalue weighted by molar-refractivity contribution is 7.99. The Morgan fingerprint density at radius 1 is 1.21 bits per heavy atom. The Kier molecular flexibility index (Phi) is 6.54. The zero-order valence-corrected chi connectivity index (χ0v) is 9.65. The molecule has 0 amide bonds. The molecule has 0 fully saturated rings. The van der Waals surface area contributed by atoms with E-state index in [2.05, 4.69) is 42.6 Å². The fourth-order valence-electron chi connectivity index (χ4n) is 1.27. The van der Waals surface area contributed by atoms with Gasteiger partial charge in [0.2, 0.25) is 0 Å². The van der Waals surface area contributed by atoms with Crippen molar-refractivity contribution in [1.82, 2.24) is 5.32 Å². The highest BCUT2D eigenvalue weighted by Gasteiger charge is 1.90. The van der Waals surface area contributed by atoms with Crippen LogP contribution in [0, 0.1) is 0 Å². The minimum Gasteiger partial charge on any atom is -0.313 e. The summed E-state index contributed by atoms with van der Waals surface area (Å²) in [6, 6.07) is 10.6. The summed E-state index contributed by atoms with van der Waals surface area (Å²) < 4.78 is 0. The van der Waals surface area contributed by atoms with E-state index in [1.54, 1.807) is 0 Å². The van der Waals surface area contributed by atoms with E-state index in [0.717, 1.165) is 13.1 Å². The van der Waals surface area contributed by atoms with E-state index in [1.165, 1.54) is 23.5 Å². The van der Waals surface area contributed by atoms with Crippen LogP contribution in [0.1, 0.15) is 18.9 Å². The summed E-state index contributed by atoms with van der Waals surface area (Å²) in [4.78, 5) is 0. The van der Waals surface area contributed by atoms with E-state index < -0.39 is 0 Å². The minimum absolute atomic E-state index is 0.998. The molecule has 0 aliphatic rings. The third-order valence-electron chi connectivity index (χ3n) is 2.02. The van der Waals surface area contributed by atoms with Crippen molar-refractivity contribution < 1.29 is 0 Å². The second-order valence-corrected chi connectivity index (χ2v) is 4.61. The van der Waals surface area contributed by atoms with Crippen LogP contribution in [0.3, 0.4) is 0 Å². The van der Waals surface area contributed by atoms with Crippen molar-refractivity contribution >= 4 is 11.8 Å². The second kappa shape index (κ2) is 7.89. The Balaban J connectivity index is 1.99. The van der Waals surface area contributed by atoms with Crippen molar-refractivity contribution in [3.8, 4) is 0 Å². The molecule has 0 unspecified atom stereocenters. The van der Waals surface area contributed by atoms with Gasteiger partial charge in [0.05, 0.1) is 0 Å². The molecule has 78 valence electrons. The lowest BCUT2D eigenvalue weighted by molar-refractivity contribution is 0.679. The molecule has 0 aliphatic heterocycles. The Hall–Kier alpha value is -0.470. The predicted molar refractivity (Wildman–Crippen MR) is 65.8 cm³/mol. The van der Waals surface area contributed by atoms with Crippen LogP contribution >= 0.6 is 11.8 Å². The van der Waals surface area contributed by atoms with E-state index in [9.17, 15) is 0 Å². The molecule has 0 atom stereocenters. The third kappa shape index (κ3) is 5.30. The molecule has 0 heterocycles. The molecule has 0 aliphatic carbocycles. The maximum atomic E-state index is 3.45. The van der Waals surface area contributed by atoms with E-state index >= 15 is 0 Å². The van der Waals surface area contributed by atoms with E-state index in [0.29, 0.717) is 0 Å². The molecule has 14 heavy (non-hydrogen) atoms. The summed E-state index contributed by atoms with van der Waals surface area (Å²) >= 11 is 2.01. The molecule has 0 bridgehead atoms. The van der Waals surface area contributed by atoms with Gasteiger partial charge in [0, 0.05) is 6.54 Å². The number of hydrogen-bond acceptors (Lipinski definition) is 2. The number of rotatable bonds is 7. The van der Waals surface area contributed by atoms with Gasteiger partial charge in [-0.05, 0) is 30.0 Å². The van der Waals surface area contributed by atoms with E-state index in [1.807, 2.05) is 11.8 Å². The average Bonchev–Trinajstić information content (AvgIpc) is 2.25. The molecular weight excluding hydrogens is 190 g/mol. The first-order valence-corrected chi connectivity index (χ1v) is 6.41. The topological polar surface area (TPSA) is 12.0 Å². The maximum Gasteiger partial charge on any atom is 0.0205 e.